The van der Waals surface area contributed by atoms with Gasteiger partial charge >= 0.3 is 6.03 Å². The van der Waals surface area contributed by atoms with Crippen molar-refractivity contribution in [2.45, 2.75) is 6.54 Å². The molecule has 2 aromatic rings. The van der Waals surface area contributed by atoms with Crippen LogP contribution in [0.1, 0.15) is 4.88 Å². The Balaban J connectivity index is 1.99. The van der Waals surface area contributed by atoms with Gasteiger partial charge in [0.25, 0.3) is 0 Å². The molecule has 0 bridgehead atoms. The molecule has 2 N–H and O–H groups in total. The molecule has 0 saturated heterocycles. The first-order chi connectivity index (χ1) is 9.72. The lowest BCUT2D eigenvalue weighted by Crippen LogP contribution is -2.28. The van der Waals surface area contributed by atoms with Crippen LogP contribution in [0.4, 0.5) is 10.5 Å². The third-order valence-electron chi connectivity index (χ3n) is 2.66. The molecule has 106 valence electrons. The Morgan fingerprint density at radius 3 is 2.75 bits per heavy atom. The zero-order valence-electron chi connectivity index (χ0n) is 11.3. The number of amides is 2. The maximum atomic E-state index is 11.9. The minimum atomic E-state index is -0.287. The van der Waals surface area contributed by atoms with E-state index in [9.17, 15) is 4.79 Å². The summed E-state index contributed by atoms with van der Waals surface area (Å²) in [5.41, 5.74) is 0.565. The molecule has 1 aromatic heterocycles. The highest BCUT2D eigenvalue weighted by Gasteiger charge is 2.08. The van der Waals surface area contributed by atoms with E-state index in [1.165, 1.54) is 0 Å². The minimum Gasteiger partial charge on any atom is -0.497 e. The average Bonchev–Trinajstić information content (AvgIpc) is 2.98. The van der Waals surface area contributed by atoms with Crippen molar-refractivity contribution in [3.63, 3.8) is 0 Å². The van der Waals surface area contributed by atoms with Crippen LogP contribution < -0.4 is 20.1 Å². The molecular weight excluding hydrogens is 276 g/mol. The summed E-state index contributed by atoms with van der Waals surface area (Å²) < 4.78 is 10.3. The third kappa shape index (κ3) is 3.64. The quantitative estimate of drug-likeness (QED) is 0.890. The maximum absolute atomic E-state index is 11.9. The van der Waals surface area contributed by atoms with E-state index in [2.05, 4.69) is 10.6 Å². The van der Waals surface area contributed by atoms with Crippen LogP contribution in [0.5, 0.6) is 11.5 Å². The van der Waals surface area contributed by atoms with Crippen molar-refractivity contribution < 1.29 is 14.3 Å². The monoisotopic (exact) mass is 292 g/mol. The molecule has 5 nitrogen and oxygen atoms in total. The second-order valence-electron chi connectivity index (χ2n) is 3.95. The first-order valence-electron chi connectivity index (χ1n) is 6.02. The van der Waals surface area contributed by atoms with Crippen molar-refractivity contribution in [2.24, 2.45) is 0 Å². The number of methoxy groups -OCH3 is 2. The number of thiophene rings is 1. The van der Waals surface area contributed by atoms with E-state index in [0.29, 0.717) is 23.7 Å². The number of benzene rings is 1. The van der Waals surface area contributed by atoms with Gasteiger partial charge in [0.15, 0.2) is 0 Å². The number of urea groups is 1. The van der Waals surface area contributed by atoms with Gasteiger partial charge in [-0.1, -0.05) is 6.07 Å². The highest BCUT2D eigenvalue weighted by atomic mass is 32.1. The summed E-state index contributed by atoms with van der Waals surface area (Å²) in [5, 5.41) is 7.51. The zero-order valence-corrected chi connectivity index (χ0v) is 12.1. The number of hydrogen-bond donors (Lipinski definition) is 2. The Bertz CT molecular complexity index is 570. The van der Waals surface area contributed by atoms with Gasteiger partial charge in [0.1, 0.15) is 11.5 Å². The summed E-state index contributed by atoms with van der Waals surface area (Å²) in [4.78, 5) is 13.0. The average molecular weight is 292 g/mol. The van der Waals surface area contributed by atoms with Gasteiger partial charge in [0.05, 0.1) is 26.5 Å². The molecule has 0 fully saturated rings. The van der Waals surface area contributed by atoms with Crippen LogP contribution in [-0.4, -0.2) is 20.3 Å². The fourth-order valence-corrected chi connectivity index (χ4v) is 2.30. The standard InChI is InChI=1S/C14H16N2O3S/c1-18-10-5-6-13(19-2)12(8-10)16-14(17)15-9-11-4-3-7-20-11/h3-8H,9H2,1-2H3,(H2,15,16,17). The van der Waals surface area contributed by atoms with Gasteiger partial charge in [0.2, 0.25) is 0 Å². The van der Waals surface area contributed by atoms with Gasteiger partial charge in [-0.05, 0) is 23.6 Å². The lowest BCUT2D eigenvalue weighted by molar-refractivity contribution is 0.251. The molecule has 0 aliphatic rings. The highest BCUT2D eigenvalue weighted by Crippen LogP contribution is 2.28. The predicted octanol–water partition coefficient (Wildman–Crippen LogP) is 3.09. The molecule has 0 aliphatic heterocycles. The first kappa shape index (κ1) is 14.2. The van der Waals surface area contributed by atoms with Crippen LogP contribution in [0.15, 0.2) is 35.7 Å². The number of carbonyl (C=O) groups excluding carboxylic acids is 1. The minimum absolute atomic E-state index is 0.287. The molecule has 1 aromatic carbocycles. The SMILES string of the molecule is COc1ccc(OC)c(NC(=O)NCc2cccs2)c1. The van der Waals surface area contributed by atoms with Gasteiger partial charge in [-0.15, -0.1) is 11.3 Å². The van der Waals surface area contributed by atoms with Gasteiger partial charge in [-0.3, -0.25) is 0 Å². The molecule has 0 radical (unpaired) electrons. The van der Waals surface area contributed by atoms with Gasteiger partial charge < -0.3 is 20.1 Å². The molecule has 20 heavy (non-hydrogen) atoms. The number of carbonyl (C=O) groups is 1. The Morgan fingerprint density at radius 1 is 1.25 bits per heavy atom. The smallest absolute Gasteiger partial charge is 0.319 e. The molecule has 2 amide bonds. The number of nitrogens with one attached hydrogen (secondary N) is 2. The number of ether oxygens (including phenoxy) is 2. The van der Waals surface area contributed by atoms with Gasteiger partial charge in [0, 0.05) is 10.9 Å². The van der Waals surface area contributed by atoms with Crippen LogP contribution in [0, 0.1) is 0 Å². The molecule has 0 saturated carbocycles. The van der Waals surface area contributed by atoms with Crippen LogP contribution in [0.3, 0.4) is 0 Å². The van der Waals surface area contributed by atoms with E-state index in [0.717, 1.165) is 4.88 Å². The Kier molecular flexibility index (Phi) is 4.84. The van der Waals surface area contributed by atoms with E-state index in [-0.39, 0.29) is 6.03 Å². The van der Waals surface area contributed by atoms with E-state index in [1.807, 2.05) is 17.5 Å². The molecule has 1 heterocycles. The molecule has 0 atom stereocenters. The largest absolute Gasteiger partial charge is 0.497 e. The summed E-state index contributed by atoms with van der Waals surface area (Å²) in [6.45, 7) is 0.496. The Labute approximate surface area is 121 Å². The van der Waals surface area contributed by atoms with Crippen molar-refractivity contribution in [2.75, 3.05) is 19.5 Å². The first-order valence-corrected chi connectivity index (χ1v) is 6.90. The molecule has 0 spiro atoms. The lowest BCUT2D eigenvalue weighted by Gasteiger charge is -2.12. The van der Waals surface area contributed by atoms with Crippen molar-refractivity contribution in [1.82, 2.24) is 5.32 Å². The second kappa shape index (κ2) is 6.81. The summed E-state index contributed by atoms with van der Waals surface area (Å²) in [6.07, 6.45) is 0. The van der Waals surface area contributed by atoms with E-state index in [4.69, 9.17) is 9.47 Å². The van der Waals surface area contributed by atoms with Crippen LogP contribution in [-0.2, 0) is 6.54 Å². The number of hydrogen-bond acceptors (Lipinski definition) is 4. The molecule has 2 rings (SSSR count). The number of anilines is 1. The molecule has 0 unspecified atom stereocenters. The van der Waals surface area contributed by atoms with Crippen molar-refractivity contribution in [3.8, 4) is 11.5 Å². The lowest BCUT2D eigenvalue weighted by atomic mass is 10.2. The fraction of sp³-hybridized carbons (Fsp3) is 0.214. The second-order valence-corrected chi connectivity index (χ2v) is 4.99. The molecular formula is C14H16N2O3S. The topological polar surface area (TPSA) is 59.6 Å². The fourth-order valence-electron chi connectivity index (χ4n) is 1.66. The summed E-state index contributed by atoms with van der Waals surface area (Å²) in [5.74, 6) is 1.23. The Morgan fingerprint density at radius 2 is 2.10 bits per heavy atom. The van der Waals surface area contributed by atoms with Gasteiger partial charge in [-0.25, -0.2) is 4.79 Å². The molecule has 6 heteroatoms. The van der Waals surface area contributed by atoms with Crippen molar-refractivity contribution in [1.29, 1.82) is 0 Å². The molecule has 0 aliphatic carbocycles. The summed E-state index contributed by atoms with van der Waals surface area (Å²) >= 11 is 1.60. The van der Waals surface area contributed by atoms with Gasteiger partial charge in [-0.2, -0.15) is 0 Å². The van der Waals surface area contributed by atoms with E-state index < -0.39 is 0 Å². The normalized spacial score (nSPS) is 9.90. The zero-order chi connectivity index (χ0) is 14.4. The summed E-state index contributed by atoms with van der Waals surface area (Å²) in [6, 6.07) is 8.86. The van der Waals surface area contributed by atoms with Crippen molar-refractivity contribution >= 4 is 23.1 Å². The van der Waals surface area contributed by atoms with Crippen molar-refractivity contribution in [3.05, 3.63) is 40.6 Å². The van der Waals surface area contributed by atoms with E-state index >= 15 is 0 Å². The van der Waals surface area contributed by atoms with Crippen LogP contribution in [0.25, 0.3) is 0 Å². The van der Waals surface area contributed by atoms with Crippen LogP contribution >= 0.6 is 11.3 Å². The third-order valence-corrected chi connectivity index (χ3v) is 3.53. The maximum Gasteiger partial charge on any atom is 0.319 e. The highest BCUT2D eigenvalue weighted by molar-refractivity contribution is 7.09. The predicted molar refractivity (Wildman–Crippen MR) is 79.7 cm³/mol. The summed E-state index contributed by atoms with van der Waals surface area (Å²) in [7, 11) is 3.12. The Hall–Kier alpha value is -2.21. The van der Waals surface area contributed by atoms with Crippen LogP contribution in [0.2, 0.25) is 0 Å². The number of rotatable bonds is 5. The van der Waals surface area contributed by atoms with E-state index in [1.54, 1.807) is 43.8 Å².